The number of benzene rings is 1. The van der Waals surface area contributed by atoms with Crippen molar-refractivity contribution >= 4 is 5.69 Å². The number of rotatable bonds is 8. The summed E-state index contributed by atoms with van der Waals surface area (Å²) in [5.74, 6) is 0. The van der Waals surface area contributed by atoms with E-state index in [1.807, 2.05) is 0 Å². The third-order valence-electron chi connectivity index (χ3n) is 3.57. The van der Waals surface area contributed by atoms with Gasteiger partial charge in [0.25, 0.3) is 0 Å². The van der Waals surface area contributed by atoms with Crippen molar-refractivity contribution in [3.63, 3.8) is 0 Å². The monoisotopic (exact) mass is 264 g/mol. The van der Waals surface area contributed by atoms with E-state index in [0.29, 0.717) is 0 Å². The Hall–Kier alpha value is -1.06. The van der Waals surface area contributed by atoms with Crippen LogP contribution in [-0.2, 0) is 11.2 Å². The first-order valence-corrected chi connectivity index (χ1v) is 7.21. The number of methoxy groups -OCH3 is 1. The molecule has 0 heterocycles. The fourth-order valence-corrected chi connectivity index (χ4v) is 2.30. The summed E-state index contributed by atoms with van der Waals surface area (Å²) in [7, 11) is 1.75. The van der Waals surface area contributed by atoms with Gasteiger partial charge in [0.15, 0.2) is 0 Å². The summed E-state index contributed by atoms with van der Waals surface area (Å²) in [5.41, 5.74) is 9.97. The minimum Gasteiger partial charge on any atom is -0.383 e. The van der Waals surface area contributed by atoms with Gasteiger partial charge in [0.1, 0.15) is 0 Å². The zero-order chi connectivity index (χ0) is 14.3. The molecule has 0 spiro atoms. The van der Waals surface area contributed by atoms with Crippen molar-refractivity contribution in [3.05, 3.63) is 29.3 Å². The molecule has 3 heteroatoms. The van der Waals surface area contributed by atoms with E-state index in [1.165, 1.54) is 16.8 Å². The van der Waals surface area contributed by atoms with Crippen molar-refractivity contribution in [2.24, 2.45) is 5.73 Å². The zero-order valence-corrected chi connectivity index (χ0v) is 12.8. The van der Waals surface area contributed by atoms with E-state index in [-0.39, 0.29) is 6.04 Å². The summed E-state index contributed by atoms with van der Waals surface area (Å²) in [6.45, 7) is 9.17. The Morgan fingerprint density at radius 1 is 1.32 bits per heavy atom. The molecule has 0 aliphatic rings. The Bertz CT molecular complexity index is 379. The number of nitrogens with two attached hydrogens (primary N) is 1. The van der Waals surface area contributed by atoms with Crippen LogP contribution in [-0.4, -0.2) is 32.8 Å². The molecular formula is C16H28N2O. The van der Waals surface area contributed by atoms with Crippen LogP contribution in [0.3, 0.4) is 0 Å². The predicted octanol–water partition coefficient (Wildman–Crippen LogP) is 2.75. The van der Waals surface area contributed by atoms with Crippen LogP contribution in [0.5, 0.6) is 0 Å². The van der Waals surface area contributed by atoms with Crippen molar-refractivity contribution in [1.82, 2.24) is 0 Å². The molecule has 0 aliphatic carbocycles. The van der Waals surface area contributed by atoms with Crippen molar-refractivity contribution in [2.75, 3.05) is 31.7 Å². The molecule has 0 aliphatic heterocycles. The topological polar surface area (TPSA) is 38.5 Å². The van der Waals surface area contributed by atoms with Crippen LogP contribution >= 0.6 is 0 Å². The standard InChI is InChI=1S/C16H28N2O/c1-5-15(17)12-14-7-8-16(13(3)11-14)18(6-2)9-10-19-4/h7-8,11,15H,5-6,9-10,12,17H2,1-4H3. The number of hydrogen-bond donors (Lipinski definition) is 1. The summed E-state index contributed by atoms with van der Waals surface area (Å²) in [4.78, 5) is 2.35. The second-order valence-electron chi connectivity index (χ2n) is 5.07. The van der Waals surface area contributed by atoms with E-state index < -0.39 is 0 Å². The van der Waals surface area contributed by atoms with Crippen LogP contribution in [0.2, 0.25) is 0 Å². The fraction of sp³-hybridized carbons (Fsp3) is 0.625. The summed E-state index contributed by atoms with van der Waals surface area (Å²) in [5, 5.41) is 0. The highest BCUT2D eigenvalue weighted by Gasteiger charge is 2.09. The number of likely N-dealkylation sites (N-methyl/N-ethyl adjacent to an activating group) is 1. The number of anilines is 1. The predicted molar refractivity (Wildman–Crippen MR) is 82.9 cm³/mol. The van der Waals surface area contributed by atoms with E-state index in [9.17, 15) is 0 Å². The number of nitrogens with zero attached hydrogens (tertiary/aromatic N) is 1. The smallest absolute Gasteiger partial charge is 0.0637 e. The van der Waals surface area contributed by atoms with Crippen LogP contribution in [0.25, 0.3) is 0 Å². The molecule has 0 amide bonds. The van der Waals surface area contributed by atoms with Gasteiger partial charge in [0.2, 0.25) is 0 Å². The quantitative estimate of drug-likeness (QED) is 0.784. The molecule has 1 atom stereocenters. The third-order valence-corrected chi connectivity index (χ3v) is 3.57. The van der Waals surface area contributed by atoms with Crippen LogP contribution in [0.15, 0.2) is 18.2 Å². The van der Waals surface area contributed by atoms with Gasteiger partial charge in [0, 0.05) is 31.9 Å². The molecular weight excluding hydrogens is 236 g/mol. The highest BCUT2D eigenvalue weighted by Crippen LogP contribution is 2.22. The Morgan fingerprint density at radius 3 is 2.58 bits per heavy atom. The van der Waals surface area contributed by atoms with E-state index in [2.05, 4.69) is 43.9 Å². The van der Waals surface area contributed by atoms with Crippen LogP contribution in [0.1, 0.15) is 31.4 Å². The van der Waals surface area contributed by atoms with Gasteiger partial charge in [-0.1, -0.05) is 19.1 Å². The number of ether oxygens (including phenoxy) is 1. The maximum Gasteiger partial charge on any atom is 0.0637 e. The first kappa shape index (κ1) is 16.0. The minimum atomic E-state index is 0.265. The van der Waals surface area contributed by atoms with Crippen LogP contribution < -0.4 is 10.6 Å². The van der Waals surface area contributed by atoms with Gasteiger partial charge < -0.3 is 15.4 Å². The lowest BCUT2D eigenvalue weighted by molar-refractivity contribution is 0.205. The van der Waals surface area contributed by atoms with Gasteiger partial charge in [-0.3, -0.25) is 0 Å². The lowest BCUT2D eigenvalue weighted by Gasteiger charge is -2.25. The lowest BCUT2D eigenvalue weighted by atomic mass is 10.0. The summed E-state index contributed by atoms with van der Waals surface area (Å²) < 4.78 is 5.17. The van der Waals surface area contributed by atoms with E-state index in [4.69, 9.17) is 10.5 Å². The number of hydrogen-bond acceptors (Lipinski definition) is 3. The third kappa shape index (κ3) is 4.84. The summed E-state index contributed by atoms with van der Waals surface area (Å²) in [6, 6.07) is 6.95. The largest absolute Gasteiger partial charge is 0.383 e. The summed E-state index contributed by atoms with van der Waals surface area (Å²) >= 11 is 0. The second-order valence-corrected chi connectivity index (χ2v) is 5.07. The number of aryl methyl sites for hydroxylation is 1. The normalized spacial score (nSPS) is 12.5. The Balaban J connectivity index is 2.80. The van der Waals surface area contributed by atoms with Crippen molar-refractivity contribution < 1.29 is 4.74 Å². The van der Waals surface area contributed by atoms with Gasteiger partial charge in [-0.2, -0.15) is 0 Å². The second kappa shape index (κ2) is 8.18. The Labute approximate surface area is 117 Å². The first-order valence-electron chi connectivity index (χ1n) is 7.21. The molecule has 3 nitrogen and oxygen atoms in total. The van der Waals surface area contributed by atoms with Gasteiger partial charge in [-0.15, -0.1) is 0 Å². The summed E-state index contributed by atoms with van der Waals surface area (Å²) in [6.07, 6.45) is 1.98. The minimum absolute atomic E-state index is 0.265. The fourth-order valence-electron chi connectivity index (χ4n) is 2.30. The molecule has 1 aromatic carbocycles. The molecule has 0 saturated heterocycles. The van der Waals surface area contributed by atoms with Crippen LogP contribution in [0.4, 0.5) is 5.69 Å². The van der Waals surface area contributed by atoms with E-state index >= 15 is 0 Å². The highest BCUT2D eigenvalue weighted by atomic mass is 16.5. The molecule has 2 N–H and O–H groups in total. The van der Waals surface area contributed by atoms with E-state index in [0.717, 1.165) is 32.5 Å². The van der Waals surface area contributed by atoms with Gasteiger partial charge in [-0.25, -0.2) is 0 Å². The molecule has 108 valence electrons. The lowest BCUT2D eigenvalue weighted by Crippen LogP contribution is -2.27. The molecule has 0 radical (unpaired) electrons. The maximum absolute atomic E-state index is 6.02. The molecule has 0 bridgehead atoms. The Kier molecular flexibility index (Phi) is 6.89. The van der Waals surface area contributed by atoms with E-state index in [1.54, 1.807) is 7.11 Å². The molecule has 0 saturated carbocycles. The molecule has 1 unspecified atom stereocenters. The van der Waals surface area contributed by atoms with Crippen molar-refractivity contribution in [3.8, 4) is 0 Å². The zero-order valence-electron chi connectivity index (χ0n) is 12.8. The molecule has 1 aromatic rings. The SMILES string of the molecule is CCC(N)Cc1ccc(N(CC)CCOC)c(C)c1. The molecule has 19 heavy (non-hydrogen) atoms. The first-order chi connectivity index (χ1) is 9.12. The average Bonchev–Trinajstić information content (AvgIpc) is 2.41. The maximum atomic E-state index is 6.02. The molecule has 0 fully saturated rings. The molecule has 1 rings (SSSR count). The molecule has 0 aromatic heterocycles. The van der Waals surface area contributed by atoms with Gasteiger partial charge >= 0.3 is 0 Å². The van der Waals surface area contributed by atoms with Crippen molar-refractivity contribution in [2.45, 2.75) is 39.7 Å². The highest BCUT2D eigenvalue weighted by molar-refractivity contribution is 5.54. The van der Waals surface area contributed by atoms with Crippen molar-refractivity contribution in [1.29, 1.82) is 0 Å². The Morgan fingerprint density at radius 2 is 2.05 bits per heavy atom. The van der Waals surface area contributed by atoms with Gasteiger partial charge in [0.05, 0.1) is 6.61 Å². The average molecular weight is 264 g/mol. The van der Waals surface area contributed by atoms with Crippen LogP contribution in [0, 0.1) is 6.92 Å². The van der Waals surface area contributed by atoms with Gasteiger partial charge in [-0.05, 0) is 43.9 Å².